The molecule has 0 aliphatic carbocycles. The third-order valence-electron chi connectivity index (χ3n) is 5.15. The van der Waals surface area contributed by atoms with Crippen molar-refractivity contribution < 1.29 is 20.8 Å². The summed E-state index contributed by atoms with van der Waals surface area (Å²) in [5.74, 6) is 0. The molecule has 0 bridgehead atoms. The molecule has 0 spiro atoms. The predicted octanol–water partition coefficient (Wildman–Crippen LogP) is 7.86. The molecular formula is C24H18Cl2Zr. The Balaban J connectivity index is 0.000000565. The standard InChI is InChI=1S/C24H18.2ClH.Zr/c1-16-13-17-7-6-8-18(23(17)14-16)15-24-21-11-4-2-9-19(21)20-10-3-5-12-22(20)24;;;/h2-14H,15H2,1H3;2*1H;/q-2;;;+4/p-2. The van der Waals surface area contributed by atoms with Crippen LogP contribution in [0.5, 0.6) is 0 Å². The topological polar surface area (TPSA) is 0 Å². The van der Waals surface area contributed by atoms with E-state index in [0.717, 1.165) is 6.42 Å². The number of benzene rings is 3. The van der Waals surface area contributed by atoms with Gasteiger partial charge in [0.25, 0.3) is 0 Å². The normalized spacial score (nSPS) is 10.8. The van der Waals surface area contributed by atoms with Crippen molar-refractivity contribution in [2.75, 3.05) is 0 Å². The number of hydrogen-bond acceptors (Lipinski definition) is 0. The van der Waals surface area contributed by atoms with Gasteiger partial charge in [0.05, 0.1) is 0 Å². The van der Waals surface area contributed by atoms with Crippen LogP contribution in [-0.4, -0.2) is 0 Å². The van der Waals surface area contributed by atoms with Gasteiger partial charge in [0.2, 0.25) is 0 Å². The van der Waals surface area contributed by atoms with E-state index in [0.29, 0.717) is 0 Å². The van der Waals surface area contributed by atoms with Crippen LogP contribution >= 0.6 is 17.0 Å². The average molecular weight is 469 g/mol. The van der Waals surface area contributed by atoms with Gasteiger partial charge in [-0.2, -0.15) is 6.07 Å². The van der Waals surface area contributed by atoms with E-state index in [9.17, 15) is 0 Å². The van der Waals surface area contributed by atoms with Crippen LogP contribution in [-0.2, 0) is 27.3 Å². The van der Waals surface area contributed by atoms with E-state index in [-0.39, 0.29) is 0 Å². The number of fused-ring (bicyclic) bond motifs is 4. The third-order valence-corrected chi connectivity index (χ3v) is 5.15. The molecule has 0 radical (unpaired) electrons. The van der Waals surface area contributed by atoms with Gasteiger partial charge < -0.3 is 0 Å². The van der Waals surface area contributed by atoms with Gasteiger partial charge in [0, 0.05) is 0 Å². The number of hydrogen-bond donors (Lipinski definition) is 0. The Kier molecular flexibility index (Phi) is 5.83. The van der Waals surface area contributed by atoms with Crippen molar-refractivity contribution in [3.63, 3.8) is 0 Å². The zero-order valence-electron chi connectivity index (χ0n) is 15.0. The summed E-state index contributed by atoms with van der Waals surface area (Å²) in [4.78, 5) is 0. The minimum atomic E-state index is -0.826. The van der Waals surface area contributed by atoms with E-state index >= 15 is 0 Å². The molecule has 5 aromatic carbocycles. The van der Waals surface area contributed by atoms with E-state index in [1.165, 1.54) is 49.0 Å². The van der Waals surface area contributed by atoms with Crippen molar-refractivity contribution in [3.05, 3.63) is 95.6 Å². The molecule has 0 aliphatic heterocycles. The Morgan fingerprint density at radius 3 is 2.07 bits per heavy atom. The first kappa shape index (κ1) is 18.9. The Morgan fingerprint density at radius 2 is 1.44 bits per heavy atom. The molecule has 132 valence electrons. The fourth-order valence-corrected chi connectivity index (χ4v) is 4.09. The molecule has 0 aromatic heterocycles. The van der Waals surface area contributed by atoms with Gasteiger partial charge in [-0.3, -0.25) is 0 Å². The quantitative estimate of drug-likeness (QED) is 0.231. The third kappa shape index (κ3) is 3.66. The van der Waals surface area contributed by atoms with Gasteiger partial charge in [-0.05, 0) is 0 Å². The fourth-order valence-electron chi connectivity index (χ4n) is 4.09. The zero-order valence-corrected chi connectivity index (χ0v) is 18.9. The van der Waals surface area contributed by atoms with Crippen LogP contribution in [0.15, 0.2) is 78.9 Å². The molecule has 3 heteroatoms. The van der Waals surface area contributed by atoms with Gasteiger partial charge in [0.15, 0.2) is 0 Å². The van der Waals surface area contributed by atoms with Gasteiger partial charge in [-0.25, -0.2) is 0 Å². The first-order valence-corrected chi connectivity index (χ1v) is 15.2. The van der Waals surface area contributed by atoms with Crippen molar-refractivity contribution in [2.24, 2.45) is 0 Å². The van der Waals surface area contributed by atoms with Crippen molar-refractivity contribution in [1.82, 2.24) is 0 Å². The first-order valence-electron chi connectivity index (χ1n) is 8.89. The molecule has 5 rings (SSSR count). The Bertz CT molecular complexity index is 1160. The molecule has 0 fully saturated rings. The zero-order chi connectivity index (χ0) is 18.8. The van der Waals surface area contributed by atoms with E-state index < -0.39 is 20.8 Å². The van der Waals surface area contributed by atoms with E-state index in [2.05, 4.69) is 85.8 Å². The van der Waals surface area contributed by atoms with Crippen LogP contribution in [0.2, 0.25) is 0 Å². The second-order valence-corrected chi connectivity index (χ2v) is 10.5. The van der Waals surface area contributed by atoms with Crippen LogP contribution < -0.4 is 0 Å². The summed E-state index contributed by atoms with van der Waals surface area (Å²) in [6, 6.07) is 28.9. The van der Waals surface area contributed by atoms with Gasteiger partial charge in [-0.1, -0.05) is 55.8 Å². The fraction of sp³-hybridized carbons (Fsp3) is 0.0833. The summed E-state index contributed by atoms with van der Waals surface area (Å²) in [6.45, 7) is 2.18. The van der Waals surface area contributed by atoms with Crippen molar-refractivity contribution >= 4 is 49.3 Å². The summed E-state index contributed by atoms with van der Waals surface area (Å²) in [5, 5.41) is 8.26. The van der Waals surface area contributed by atoms with Crippen molar-refractivity contribution in [1.29, 1.82) is 0 Å². The molecule has 27 heavy (non-hydrogen) atoms. The minimum absolute atomic E-state index is 0.826. The van der Waals surface area contributed by atoms with Crippen LogP contribution in [0.25, 0.3) is 32.3 Å². The monoisotopic (exact) mass is 466 g/mol. The van der Waals surface area contributed by atoms with Crippen LogP contribution in [0.4, 0.5) is 0 Å². The Labute approximate surface area is 178 Å². The second-order valence-electron chi connectivity index (χ2n) is 6.77. The summed E-state index contributed by atoms with van der Waals surface area (Å²) >= 11 is -0.826. The molecule has 0 saturated heterocycles. The summed E-state index contributed by atoms with van der Waals surface area (Å²) in [7, 11) is 9.87. The Morgan fingerprint density at radius 1 is 0.852 bits per heavy atom. The molecule has 0 atom stereocenters. The predicted molar refractivity (Wildman–Crippen MR) is 116 cm³/mol. The number of rotatable bonds is 2. The molecule has 0 nitrogen and oxygen atoms in total. The summed E-state index contributed by atoms with van der Waals surface area (Å²) in [6.07, 6.45) is 0.981. The molecule has 0 unspecified atom stereocenters. The van der Waals surface area contributed by atoms with E-state index in [1.807, 2.05) is 0 Å². The molecule has 0 amide bonds. The molecule has 0 aliphatic rings. The van der Waals surface area contributed by atoms with Crippen molar-refractivity contribution in [2.45, 2.75) is 13.3 Å². The number of halogens is 2. The second kappa shape index (κ2) is 8.31. The summed E-state index contributed by atoms with van der Waals surface area (Å²) in [5.41, 5.74) is 4.21. The molecule has 0 saturated carbocycles. The molecular weight excluding hydrogens is 450 g/mol. The van der Waals surface area contributed by atoms with Crippen molar-refractivity contribution in [3.8, 4) is 0 Å². The van der Waals surface area contributed by atoms with E-state index in [4.69, 9.17) is 17.0 Å². The summed E-state index contributed by atoms with van der Waals surface area (Å²) < 4.78 is 0. The van der Waals surface area contributed by atoms with E-state index in [1.54, 1.807) is 0 Å². The van der Waals surface area contributed by atoms with Gasteiger partial charge >= 0.3 is 37.9 Å². The Hall–Kier alpha value is -1.40. The van der Waals surface area contributed by atoms with Crippen LogP contribution in [0, 0.1) is 6.92 Å². The SMILES string of the molecule is Cc1cc2cccc(C[c-]3c4ccccc4c4ccccc43)c2[cH-]1.[Cl][Zr+2][Cl]. The molecule has 0 N–H and O–H groups in total. The van der Waals surface area contributed by atoms with Crippen LogP contribution in [0.3, 0.4) is 0 Å². The molecule has 5 aromatic rings. The maximum atomic E-state index is 4.93. The van der Waals surface area contributed by atoms with Crippen LogP contribution in [0.1, 0.15) is 16.7 Å². The maximum absolute atomic E-state index is 4.93. The number of aryl methyl sites for hydroxylation is 1. The van der Waals surface area contributed by atoms with Gasteiger partial charge in [0.1, 0.15) is 0 Å². The average Bonchev–Trinajstić information content (AvgIpc) is 3.21. The first-order chi connectivity index (χ1) is 13.2. The molecule has 0 heterocycles. The van der Waals surface area contributed by atoms with Gasteiger partial charge in [-0.15, -0.1) is 79.3 Å².